The number of nitrogens with one attached hydrogen (secondary N) is 1. The molecule has 0 aliphatic carbocycles. The molecule has 3 aromatic rings. The van der Waals surface area contributed by atoms with Crippen LogP contribution in [-0.2, 0) is 16.0 Å². The van der Waals surface area contributed by atoms with Crippen LogP contribution in [0.15, 0.2) is 83.4 Å². The van der Waals surface area contributed by atoms with Crippen LogP contribution >= 0.6 is 35.0 Å². The highest BCUT2D eigenvalue weighted by atomic mass is 35.5. The number of anilines is 2. The molecule has 1 aliphatic heterocycles. The molecule has 2 amide bonds. The quantitative estimate of drug-likeness (QED) is 0.321. The third-order valence-electron chi connectivity index (χ3n) is 5.26. The molecule has 0 bridgehead atoms. The third-order valence-corrected chi connectivity index (χ3v) is 7.15. The molecule has 1 atom stereocenters. The van der Waals surface area contributed by atoms with Crippen LogP contribution in [0.5, 0.6) is 0 Å². The minimum atomic E-state index is -0.601. The fourth-order valence-corrected chi connectivity index (χ4v) is 5.14. The summed E-state index contributed by atoms with van der Waals surface area (Å²) >= 11 is 13.4. The zero-order valence-electron chi connectivity index (χ0n) is 18.1. The van der Waals surface area contributed by atoms with Gasteiger partial charge in [0.2, 0.25) is 5.91 Å². The number of aryl methyl sites for hydroxylation is 1. The molecule has 0 spiro atoms. The number of halogens is 2. The Hall–Kier alpha value is -3.24. The van der Waals surface area contributed by atoms with Crippen molar-refractivity contribution in [2.45, 2.75) is 18.6 Å². The molecule has 1 unspecified atom stereocenters. The van der Waals surface area contributed by atoms with Crippen molar-refractivity contribution in [3.8, 4) is 6.07 Å². The van der Waals surface area contributed by atoms with Crippen molar-refractivity contribution in [3.05, 3.63) is 105 Å². The second-order valence-corrected chi connectivity index (χ2v) is 9.70. The van der Waals surface area contributed by atoms with Gasteiger partial charge in [-0.1, -0.05) is 70.9 Å². The molecule has 8 heteroatoms. The van der Waals surface area contributed by atoms with E-state index in [4.69, 9.17) is 23.2 Å². The number of benzene rings is 3. The number of nitrogens with zero attached hydrogens (tertiary/aromatic N) is 2. The van der Waals surface area contributed by atoms with E-state index in [1.54, 1.807) is 42.5 Å². The van der Waals surface area contributed by atoms with Gasteiger partial charge in [-0.15, -0.1) is 0 Å². The molecule has 34 heavy (non-hydrogen) atoms. The number of carbonyl (C=O) groups is 2. The summed E-state index contributed by atoms with van der Waals surface area (Å²) in [6.07, 6.45) is 0.368. The van der Waals surface area contributed by atoms with Gasteiger partial charge < -0.3 is 5.32 Å². The van der Waals surface area contributed by atoms with E-state index >= 15 is 0 Å². The Morgan fingerprint density at radius 2 is 1.74 bits per heavy atom. The average molecular weight is 508 g/mol. The van der Waals surface area contributed by atoms with Crippen molar-refractivity contribution in [2.75, 3.05) is 10.2 Å². The Balaban J connectivity index is 1.73. The maximum absolute atomic E-state index is 13.5. The SMILES string of the molecule is Cc1ccc(N2C(=O)C(Cc3ccccc3Cl)SC2=C(C#N)C(=O)Nc2ccc(Cl)cc2)cc1. The molecule has 4 rings (SSSR count). The first-order chi connectivity index (χ1) is 16.4. The Labute approximate surface area is 212 Å². The minimum Gasteiger partial charge on any atom is -0.321 e. The molecule has 0 saturated carbocycles. The first kappa shape index (κ1) is 23.9. The summed E-state index contributed by atoms with van der Waals surface area (Å²) in [6, 6.07) is 23.3. The zero-order valence-corrected chi connectivity index (χ0v) is 20.4. The number of thioether (sulfide) groups is 1. The Bertz CT molecular complexity index is 1320. The monoisotopic (exact) mass is 507 g/mol. The second-order valence-electron chi connectivity index (χ2n) is 7.66. The molecule has 1 heterocycles. The van der Waals surface area contributed by atoms with Gasteiger partial charge in [-0.05, 0) is 61.4 Å². The van der Waals surface area contributed by atoms with E-state index in [1.807, 2.05) is 43.3 Å². The van der Waals surface area contributed by atoms with Gasteiger partial charge in [0.05, 0.1) is 5.25 Å². The van der Waals surface area contributed by atoms with E-state index < -0.39 is 11.2 Å². The van der Waals surface area contributed by atoms with Crippen molar-refractivity contribution in [1.82, 2.24) is 0 Å². The van der Waals surface area contributed by atoms with Gasteiger partial charge in [0.1, 0.15) is 16.7 Å². The standard InChI is InChI=1S/C26H19Cl2N3O2S/c1-16-6-12-20(13-7-16)31-25(33)23(14-17-4-2-3-5-22(17)28)34-26(31)21(15-29)24(32)30-19-10-8-18(27)9-11-19/h2-13,23H,14H2,1H3,(H,30,32). The largest absolute Gasteiger partial charge is 0.321 e. The highest BCUT2D eigenvalue weighted by Gasteiger charge is 2.41. The van der Waals surface area contributed by atoms with Crippen LogP contribution in [0.4, 0.5) is 11.4 Å². The summed E-state index contributed by atoms with van der Waals surface area (Å²) in [6.45, 7) is 1.95. The topological polar surface area (TPSA) is 73.2 Å². The summed E-state index contributed by atoms with van der Waals surface area (Å²) in [5, 5.41) is 13.5. The minimum absolute atomic E-state index is 0.143. The van der Waals surface area contributed by atoms with E-state index in [1.165, 1.54) is 16.7 Å². The Morgan fingerprint density at radius 3 is 2.38 bits per heavy atom. The Morgan fingerprint density at radius 1 is 1.06 bits per heavy atom. The first-order valence-electron chi connectivity index (χ1n) is 10.4. The fourth-order valence-electron chi connectivity index (χ4n) is 3.51. The van der Waals surface area contributed by atoms with Gasteiger partial charge in [-0.25, -0.2) is 0 Å². The lowest BCUT2D eigenvalue weighted by Crippen LogP contribution is -2.31. The molecule has 0 aromatic heterocycles. The van der Waals surface area contributed by atoms with Crippen LogP contribution in [0.2, 0.25) is 10.0 Å². The van der Waals surface area contributed by atoms with Gasteiger partial charge in [-0.3, -0.25) is 14.5 Å². The van der Waals surface area contributed by atoms with E-state index in [-0.39, 0.29) is 11.5 Å². The first-order valence-corrected chi connectivity index (χ1v) is 12.0. The van der Waals surface area contributed by atoms with Gasteiger partial charge in [0.25, 0.3) is 5.91 Å². The molecule has 3 aromatic carbocycles. The number of rotatable bonds is 5. The summed E-state index contributed by atoms with van der Waals surface area (Å²) < 4.78 is 0. The van der Waals surface area contributed by atoms with Crippen molar-refractivity contribution < 1.29 is 9.59 Å². The smallest absolute Gasteiger partial charge is 0.269 e. The predicted molar refractivity (Wildman–Crippen MR) is 138 cm³/mol. The van der Waals surface area contributed by atoms with Crippen LogP contribution in [0.3, 0.4) is 0 Å². The highest BCUT2D eigenvalue weighted by Crippen LogP contribution is 2.42. The van der Waals surface area contributed by atoms with E-state index in [9.17, 15) is 14.9 Å². The molecule has 1 N–H and O–H groups in total. The van der Waals surface area contributed by atoms with Crippen LogP contribution in [0, 0.1) is 18.3 Å². The van der Waals surface area contributed by atoms with E-state index in [2.05, 4.69) is 5.32 Å². The zero-order chi connectivity index (χ0) is 24.2. The average Bonchev–Trinajstić information content (AvgIpc) is 3.13. The molecule has 1 aliphatic rings. The normalized spacial score (nSPS) is 16.8. The van der Waals surface area contributed by atoms with Crippen molar-refractivity contribution in [3.63, 3.8) is 0 Å². The maximum atomic E-state index is 13.5. The number of nitriles is 1. The Kier molecular flexibility index (Phi) is 7.28. The molecular formula is C26H19Cl2N3O2S. The van der Waals surface area contributed by atoms with Gasteiger partial charge in [-0.2, -0.15) is 5.26 Å². The third kappa shape index (κ3) is 5.13. The van der Waals surface area contributed by atoms with Crippen molar-refractivity contribution in [2.24, 2.45) is 0 Å². The number of hydrogen-bond acceptors (Lipinski definition) is 4. The van der Waals surface area contributed by atoms with Crippen molar-refractivity contribution >= 4 is 58.2 Å². The maximum Gasteiger partial charge on any atom is 0.269 e. The lowest BCUT2D eigenvalue weighted by atomic mass is 10.1. The van der Waals surface area contributed by atoms with Crippen molar-refractivity contribution in [1.29, 1.82) is 5.26 Å². The van der Waals surface area contributed by atoms with Gasteiger partial charge in [0, 0.05) is 21.4 Å². The summed E-state index contributed by atoms with van der Waals surface area (Å²) in [5.74, 6) is -0.813. The van der Waals surface area contributed by atoms with Crippen LogP contribution in [0.1, 0.15) is 11.1 Å². The molecular weight excluding hydrogens is 489 g/mol. The lowest BCUT2D eigenvalue weighted by Gasteiger charge is -2.19. The predicted octanol–water partition coefficient (Wildman–Crippen LogP) is 6.37. The number of hydrogen-bond donors (Lipinski definition) is 1. The lowest BCUT2D eigenvalue weighted by molar-refractivity contribution is -0.117. The van der Waals surface area contributed by atoms with E-state index in [0.717, 1.165) is 11.1 Å². The molecule has 170 valence electrons. The van der Waals surface area contributed by atoms with Gasteiger partial charge in [0.15, 0.2) is 0 Å². The molecule has 1 saturated heterocycles. The van der Waals surface area contributed by atoms with Crippen LogP contribution in [-0.4, -0.2) is 17.1 Å². The molecule has 5 nitrogen and oxygen atoms in total. The van der Waals surface area contributed by atoms with Crippen LogP contribution in [0.25, 0.3) is 0 Å². The number of amides is 2. The summed E-state index contributed by atoms with van der Waals surface area (Å²) in [7, 11) is 0. The molecule has 0 radical (unpaired) electrons. The summed E-state index contributed by atoms with van der Waals surface area (Å²) in [5.41, 5.74) is 2.79. The van der Waals surface area contributed by atoms with Crippen LogP contribution < -0.4 is 10.2 Å². The second kappa shape index (κ2) is 10.4. The highest BCUT2D eigenvalue weighted by molar-refractivity contribution is 8.05. The summed E-state index contributed by atoms with van der Waals surface area (Å²) in [4.78, 5) is 28.1. The molecule has 1 fully saturated rings. The number of carbonyl (C=O) groups excluding carboxylic acids is 2. The van der Waals surface area contributed by atoms with E-state index in [0.29, 0.717) is 32.9 Å². The fraction of sp³-hybridized carbons (Fsp3) is 0.115. The van der Waals surface area contributed by atoms with Gasteiger partial charge >= 0.3 is 0 Å².